The molecule has 0 saturated carbocycles. The fraction of sp³-hybridized carbons (Fsp3) is 0.500. The Balaban J connectivity index is 2.06. The van der Waals surface area contributed by atoms with Crippen LogP contribution in [-0.4, -0.2) is 12.7 Å². The van der Waals surface area contributed by atoms with Crippen molar-refractivity contribution in [2.75, 3.05) is 6.61 Å². The molecule has 0 radical (unpaired) electrons. The molecule has 18 heavy (non-hydrogen) atoms. The number of allylic oxidation sites excluding steroid dienone is 1. The predicted molar refractivity (Wildman–Crippen MR) is 71.6 cm³/mol. The van der Waals surface area contributed by atoms with Gasteiger partial charge in [-0.3, -0.25) is 0 Å². The third kappa shape index (κ3) is 1.67. The molecule has 1 saturated heterocycles. The third-order valence-electron chi connectivity index (χ3n) is 4.28. The van der Waals surface area contributed by atoms with Gasteiger partial charge in [0.2, 0.25) is 0 Å². The molecule has 2 nitrogen and oxygen atoms in total. The fourth-order valence-corrected chi connectivity index (χ4v) is 3.13. The molecule has 0 bridgehead atoms. The Bertz CT molecular complexity index is 478. The molecule has 1 aromatic rings. The molecule has 0 amide bonds. The van der Waals surface area contributed by atoms with Crippen LogP contribution < -0.4 is 4.74 Å². The van der Waals surface area contributed by atoms with Crippen molar-refractivity contribution < 1.29 is 9.47 Å². The molecule has 2 aliphatic heterocycles. The van der Waals surface area contributed by atoms with Crippen LogP contribution >= 0.6 is 0 Å². The molecule has 3 rings (SSSR count). The monoisotopic (exact) mass is 244 g/mol. The molecular weight excluding hydrogens is 224 g/mol. The molecule has 4 atom stereocenters. The number of rotatable bonds is 1. The van der Waals surface area contributed by atoms with Crippen molar-refractivity contribution in [1.82, 2.24) is 0 Å². The summed E-state index contributed by atoms with van der Waals surface area (Å²) in [6, 6.07) is 8.27. The van der Waals surface area contributed by atoms with E-state index in [-0.39, 0.29) is 12.2 Å². The van der Waals surface area contributed by atoms with Gasteiger partial charge in [-0.2, -0.15) is 0 Å². The highest BCUT2D eigenvalue weighted by molar-refractivity contribution is 5.40. The van der Waals surface area contributed by atoms with Gasteiger partial charge in [0.15, 0.2) is 0 Å². The van der Waals surface area contributed by atoms with Crippen LogP contribution in [0.15, 0.2) is 35.9 Å². The van der Waals surface area contributed by atoms with E-state index in [9.17, 15) is 0 Å². The summed E-state index contributed by atoms with van der Waals surface area (Å²) in [5, 5.41) is 0. The van der Waals surface area contributed by atoms with Crippen LogP contribution in [0.5, 0.6) is 5.75 Å². The summed E-state index contributed by atoms with van der Waals surface area (Å²) in [4.78, 5) is 0. The Morgan fingerprint density at radius 3 is 2.89 bits per heavy atom. The highest BCUT2D eigenvalue weighted by atomic mass is 16.5. The highest BCUT2D eigenvalue weighted by Gasteiger charge is 2.46. The molecule has 0 spiro atoms. The Morgan fingerprint density at radius 2 is 2.11 bits per heavy atom. The number of para-hydroxylation sites is 1. The second kappa shape index (κ2) is 4.43. The number of hydrogen-bond acceptors (Lipinski definition) is 2. The maximum Gasteiger partial charge on any atom is 0.126 e. The quantitative estimate of drug-likeness (QED) is 0.701. The van der Waals surface area contributed by atoms with Gasteiger partial charge >= 0.3 is 0 Å². The van der Waals surface area contributed by atoms with E-state index in [4.69, 9.17) is 9.47 Å². The fourth-order valence-electron chi connectivity index (χ4n) is 3.13. The molecule has 0 aromatic heterocycles. The van der Waals surface area contributed by atoms with Crippen LogP contribution in [0.3, 0.4) is 0 Å². The first-order valence-electron chi connectivity index (χ1n) is 6.72. The summed E-state index contributed by atoms with van der Waals surface area (Å²) in [6.45, 7) is 7.33. The van der Waals surface area contributed by atoms with Crippen LogP contribution in [-0.2, 0) is 4.74 Å². The van der Waals surface area contributed by atoms with Crippen LogP contribution in [0.2, 0.25) is 0 Å². The van der Waals surface area contributed by atoms with E-state index in [1.165, 1.54) is 11.1 Å². The summed E-state index contributed by atoms with van der Waals surface area (Å²) in [5.74, 6) is 1.97. The van der Waals surface area contributed by atoms with E-state index < -0.39 is 0 Å². The normalized spacial score (nSPS) is 34.7. The van der Waals surface area contributed by atoms with Crippen molar-refractivity contribution in [3.8, 4) is 5.75 Å². The lowest BCUT2D eigenvalue weighted by Crippen LogP contribution is -2.37. The van der Waals surface area contributed by atoms with Gasteiger partial charge in [0.1, 0.15) is 11.9 Å². The van der Waals surface area contributed by atoms with E-state index in [0.717, 1.165) is 12.4 Å². The Kier molecular flexibility index (Phi) is 2.90. The minimum atomic E-state index is 0.160. The first kappa shape index (κ1) is 11.8. The van der Waals surface area contributed by atoms with Crippen LogP contribution in [0.4, 0.5) is 0 Å². The molecule has 0 N–H and O–H groups in total. The molecular formula is C16H20O2. The van der Waals surface area contributed by atoms with E-state index in [1.54, 1.807) is 0 Å². The molecule has 0 aliphatic carbocycles. The van der Waals surface area contributed by atoms with Crippen molar-refractivity contribution in [3.63, 3.8) is 0 Å². The molecule has 1 aromatic carbocycles. The number of fused-ring (bicyclic) bond motifs is 3. The maximum atomic E-state index is 6.22. The van der Waals surface area contributed by atoms with E-state index in [1.807, 2.05) is 12.1 Å². The van der Waals surface area contributed by atoms with Gasteiger partial charge in [-0.15, -0.1) is 0 Å². The lowest BCUT2D eigenvalue weighted by Gasteiger charge is -2.37. The summed E-state index contributed by atoms with van der Waals surface area (Å²) in [5.41, 5.74) is 2.52. The van der Waals surface area contributed by atoms with Gasteiger partial charge in [-0.05, 0) is 31.4 Å². The summed E-state index contributed by atoms with van der Waals surface area (Å²) in [6.07, 6.45) is 2.51. The summed E-state index contributed by atoms with van der Waals surface area (Å²) in [7, 11) is 0. The second-order valence-electron chi connectivity index (χ2n) is 5.42. The van der Waals surface area contributed by atoms with Crippen molar-refractivity contribution >= 4 is 0 Å². The van der Waals surface area contributed by atoms with Gasteiger partial charge in [0.05, 0.1) is 12.7 Å². The first-order valence-corrected chi connectivity index (χ1v) is 6.72. The molecule has 2 heterocycles. The Hall–Kier alpha value is -1.28. The minimum Gasteiger partial charge on any atom is -0.485 e. The summed E-state index contributed by atoms with van der Waals surface area (Å²) >= 11 is 0. The van der Waals surface area contributed by atoms with E-state index >= 15 is 0 Å². The third-order valence-corrected chi connectivity index (χ3v) is 4.28. The minimum absolute atomic E-state index is 0.160. The van der Waals surface area contributed by atoms with E-state index in [2.05, 4.69) is 39.0 Å². The average Bonchev–Trinajstić information content (AvgIpc) is 2.80. The smallest absolute Gasteiger partial charge is 0.126 e. The number of ether oxygens (including phenoxy) is 2. The topological polar surface area (TPSA) is 18.5 Å². The summed E-state index contributed by atoms with van der Waals surface area (Å²) < 4.78 is 12.2. The number of benzene rings is 1. The lowest BCUT2D eigenvalue weighted by molar-refractivity contribution is 0.0306. The maximum absolute atomic E-state index is 6.22. The SMILES string of the molecule is C/C=C(\C)[C@H]1Oc2ccccc2[C@H]2OC[C@@H](C)[C@H]12. The standard InChI is InChI=1S/C16H20O2/c1-4-10(2)15-14-11(3)9-17-16(14)12-7-5-6-8-13(12)18-15/h4-8,11,14-16H,9H2,1-3H3/b10-4+/t11-,14-,15-,16-/m1/s1. The molecule has 2 aliphatic rings. The van der Waals surface area contributed by atoms with Gasteiger partial charge in [0.25, 0.3) is 0 Å². The second-order valence-corrected chi connectivity index (χ2v) is 5.42. The van der Waals surface area contributed by atoms with E-state index in [0.29, 0.717) is 11.8 Å². The van der Waals surface area contributed by atoms with Crippen molar-refractivity contribution in [3.05, 3.63) is 41.5 Å². The lowest BCUT2D eigenvalue weighted by atomic mass is 9.79. The van der Waals surface area contributed by atoms with Gasteiger partial charge in [-0.25, -0.2) is 0 Å². The molecule has 2 heteroatoms. The molecule has 96 valence electrons. The molecule has 0 unspecified atom stereocenters. The Labute approximate surface area is 109 Å². The largest absolute Gasteiger partial charge is 0.485 e. The van der Waals surface area contributed by atoms with Gasteiger partial charge < -0.3 is 9.47 Å². The van der Waals surface area contributed by atoms with Crippen LogP contribution in [0.25, 0.3) is 0 Å². The van der Waals surface area contributed by atoms with Crippen LogP contribution in [0.1, 0.15) is 32.4 Å². The predicted octanol–water partition coefficient (Wildman–Crippen LogP) is 3.74. The first-order chi connectivity index (χ1) is 8.72. The van der Waals surface area contributed by atoms with Crippen molar-refractivity contribution in [1.29, 1.82) is 0 Å². The average molecular weight is 244 g/mol. The van der Waals surface area contributed by atoms with Gasteiger partial charge in [0, 0.05) is 11.5 Å². The highest BCUT2D eigenvalue weighted by Crippen LogP contribution is 2.49. The van der Waals surface area contributed by atoms with Gasteiger partial charge in [-0.1, -0.05) is 31.2 Å². The van der Waals surface area contributed by atoms with Crippen LogP contribution in [0, 0.1) is 11.8 Å². The number of hydrogen-bond donors (Lipinski definition) is 0. The molecule has 1 fully saturated rings. The van der Waals surface area contributed by atoms with Crippen molar-refractivity contribution in [2.45, 2.75) is 33.0 Å². The van der Waals surface area contributed by atoms with Crippen molar-refractivity contribution in [2.24, 2.45) is 11.8 Å². The Morgan fingerprint density at radius 1 is 1.33 bits per heavy atom. The zero-order chi connectivity index (χ0) is 12.7. The zero-order valence-corrected chi connectivity index (χ0v) is 11.2. The zero-order valence-electron chi connectivity index (χ0n) is 11.2.